The normalized spacial score (nSPS) is 39.0. The fourth-order valence-corrected chi connectivity index (χ4v) is 2.31. The van der Waals surface area contributed by atoms with Crippen molar-refractivity contribution >= 4 is 0 Å². The molecule has 0 heterocycles. The first-order valence-corrected chi connectivity index (χ1v) is 4.93. The molecule has 11 heavy (non-hydrogen) atoms. The third-order valence-corrected chi connectivity index (χ3v) is 2.81. The highest BCUT2D eigenvalue weighted by Gasteiger charge is 2.27. The van der Waals surface area contributed by atoms with Crippen LogP contribution in [-0.2, 0) is 0 Å². The topological polar surface area (TPSA) is 26.0 Å². The second-order valence-electron chi connectivity index (χ2n) is 4.41. The first kappa shape index (κ1) is 9.05. The Bertz CT molecular complexity index is 116. The van der Waals surface area contributed by atoms with Crippen LogP contribution in [0, 0.1) is 5.92 Å². The molecule has 1 heteroatoms. The third kappa shape index (κ3) is 2.82. The standard InChI is InChI=1S/C10H21N/c1-3-5-9-6-4-7-10(2,11)8-9/h9H,3-8,11H2,1-2H3. The predicted molar refractivity (Wildman–Crippen MR) is 49.5 cm³/mol. The molecule has 1 aliphatic rings. The van der Waals surface area contributed by atoms with Gasteiger partial charge >= 0.3 is 0 Å². The van der Waals surface area contributed by atoms with Crippen molar-refractivity contribution in [2.45, 2.75) is 57.9 Å². The van der Waals surface area contributed by atoms with Gasteiger partial charge in [0, 0.05) is 5.54 Å². The molecular formula is C10H21N. The Morgan fingerprint density at radius 3 is 2.82 bits per heavy atom. The summed E-state index contributed by atoms with van der Waals surface area (Å²) < 4.78 is 0. The number of nitrogens with two attached hydrogens (primary N) is 1. The van der Waals surface area contributed by atoms with Crippen LogP contribution in [0.2, 0.25) is 0 Å². The van der Waals surface area contributed by atoms with E-state index in [4.69, 9.17) is 5.73 Å². The van der Waals surface area contributed by atoms with E-state index in [1.165, 1.54) is 38.5 Å². The molecule has 0 aromatic rings. The highest BCUT2D eigenvalue weighted by Crippen LogP contribution is 2.32. The zero-order valence-electron chi connectivity index (χ0n) is 7.90. The van der Waals surface area contributed by atoms with E-state index in [0.29, 0.717) is 0 Å². The summed E-state index contributed by atoms with van der Waals surface area (Å²) in [6.07, 6.45) is 7.94. The number of hydrogen-bond donors (Lipinski definition) is 1. The Hall–Kier alpha value is -0.0400. The van der Waals surface area contributed by atoms with Crippen molar-refractivity contribution in [1.82, 2.24) is 0 Å². The van der Waals surface area contributed by atoms with Gasteiger partial charge in [-0.1, -0.05) is 32.6 Å². The van der Waals surface area contributed by atoms with Gasteiger partial charge in [-0.15, -0.1) is 0 Å². The van der Waals surface area contributed by atoms with Gasteiger partial charge < -0.3 is 5.73 Å². The fourth-order valence-electron chi connectivity index (χ4n) is 2.31. The lowest BCUT2D eigenvalue weighted by atomic mass is 9.76. The van der Waals surface area contributed by atoms with Gasteiger partial charge in [0.25, 0.3) is 0 Å². The molecule has 2 unspecified atom stereocenters. The summed E-state index contributed by atoms with van der Waals surface area (Å²) in [7, 11) is 0. The smallest absolute Gasteiger partial charge is 0.0128 e. The molecule has 1 saturated carbocycles. The van der Waals surface area contributed by atoms with E-state index in [1.807, 2.05) is 0 Å². The van der Waals surface area contributed by atoms with E-state index in [0.717, 1.165) is 5.92 Å². The van der Waals surface area contributed by atoms with Crippen LogP contribution in [0.4, 0.5) is 0 Å². The van der Waals surface area contributed by atoms with Crippen molar-refractivity contribution in [3.05, 3.63) is 0 Å². The van der Waals surface area contributed by atoms with Gasteiger partial charge in [0.2, 0.25) is 0 Å². The van der Waals surface area contributed by atoms with Crippen LogP contribution < -0.4 is 5.73 Å². The van der Waals surface area contributed by atoms with Crippen molar-refractivity contribution in [3.8, 4) is 0 Å². The van der Waals surface area contributed by atoms with E-state index >= 15 is 0 Å². The quantitative estimate of drug-likeness (QED) is 0.652. The van der Waals surface area contributed by atoms with E-state index in [1.54, 1.807) is 0 Å². The molecule has 1 aliphatic carbocycles. The summed E-state index contributed by atoms with van der Waals surface area (Å²) in [5, 5.41) is 0. The summed E-state index contributed by atoms with van der Waals surface area (Å²) in [6, 6.07) is 0. The Morgan fingerprint density at radius 2 is 2.27 bits per heavy atom. The van der Waals surface area contributed by atoms with Gasteiger partial charge in [-0.05, 0) is 25.7 Å². The highest BCUT2D eigenvalue weighted by molar-refractivity contribution is 4.86. The molecule has 0 aromatic heterocycles. The second kappa shape index (κ2) is 3.57. The summed E-state index contributed by atoms with van der Waals surface area (Å²) in [6.45, 7) is 4.47. The lowest BCUT2D eigenvalue weighted by Crippen LogP contribution is -2.40. The predicted octanol–water partition coefficient (Wildman–Crippen LogP) is 2.69. The molecule has 0 aromatic carbocycles. The Morgan fingerprint density at radius 1 is 1.55 bits per heavy atom. The first-order valence-electron chi connectivity index (χ1n) is 4.93. The molecule has 0 radical (unpaired) electrons. The van der Waals surface area contributed by atoms with Gasteiger partial charge in [-0.3, -0.25) is 0 Å². The summed E-state index contributed by atoms with van der Waals surface area (Å²) in [4.78, 5) is 0. The summed E-state index contributed by atoms with van der Waals surface area (Å²) in [5.74, 6) is 0.920. The molecule has 0 bridgehead atoms. The molecular weight excluding hydrogens is 134 g/mol. The first-order chi connectivity index (χ1) is 5.14. The van der Waals surface area contributed by atoms with E-state index < -0.39 is 0 Å². The molecule has 0 aliphatic heterocycles. The SMILES string of the molecule is CCCC1CCCC(C)(N)C1. The monoisotopic (exact) mass is 155 g/mol. The minimum absolute atomic E-state index is 0.151. The third-order valence-electron chi connectivity index (χ3n) is 2.81. The van der Waals surface area contributed by atoms with Crippen LogP contribution in [0.5, 0.6) is 0 Å². The molecule has 2 atom stereocenters. The zero-order valence-corrected chi connectivity index (χ0v) is 7.90. The number of hydrogen-bond acceptors (Lipinski definition) is 1. The number of rotatable bonds is 2. The van der Waals surface area contributed by atoms with E-state index in [-0.39, 0.29) is 5.54 Å². The van der Waals surface area contributed by atoms with Crippen molar-refractivity contribution in [1.29, 1.82) is 0 Å². The fraction of sp³-hybridized carbons (Fsp3) is 1.00. The van der Waals surface area contributed by atoms with Crippen molar-refractivity contribution in [3.63, 3.8) is 0 Å². The zero-order chi connectivity index (χ0) is 8.32. The maximum Gasteiger partial charge on any atom is 0.0128 e. The molecule has 1 rings (SSSR count). The van der Waals surface area contributed by atoms with Crippen LogP contribution >= 0.6 is 0 Å². The van der Waals surface area contributed by atoms with Gasteiger partial charge in [-0.25, -0.2) is 0 Å². The maximum absolute atomic E-state index is 6.10. The van der Waals surface area contributed by atoms with Crippen LogP contribution in [0.15, 0.2) is 0 Å². The Kier molecular flexibility index (Phi) is 2.94. The van der Waals surface area contributed by atoms with Crippen molar-refractivity contribution in [2.24, 2.45) is 11.7 Å². The summed E-state index contributed by atoms with van der Waals surface area (Å²) >= 11 is 0. The molecule has 0 spiro atoms. The van der Waals surface area contributed by atoms with Gasteiger partial charge in [-0.2, -0.15) is 0 Å². The lowest BCUT2D eigenvalue weighted by molar-refractivity contribution is 0.231. The molecule has 1 nitrogen and oxygen atoms in total. The second-order valence-corrected chi connectivity index (χ2v) is 4.41. The van der Waals surface area contributed by atoms with E-state index in [9.17, 15) is 0 Å². The van der Waals surface area contributed by atoms with Crippen molar-refractivity contribution < 1.29 is 0 Å². The minimum Gasteiger partial charge on any atom is -0.325 e. The van der Waals surface area contributed by atoms with Crippen LogP contribution in [0.3, 0.4) is 0 Å². The molecule has 2 N–H and O–H groups in total. The van der Waals surface area contributed by atoms with E-state index in [2.05, 4.69) is 13.8 Å². The Balaban J connectivity index is 2.34. The van der Waals surface area contributed by atoms with Gasteiger partial charge in [0.15, 0.2) is 0 Å². The average molecular weight is 155 g/mol. The molecule has 0 saturated heterocycles. The molecule has 66 valence electrons. The Labute approximate surface area is 70.4 Å². The van der Waals surface area contributed by atoms with Crippen LogP contribution in [-0.4, -0.2) is 5.54 Å². The summed E-state index contributed by atoms with van der Waals surface area (Å²) in [5.41, 5.74) is 6.25. The minimum atomic E-state index is 0.151. The van der Waals surface area contributed by atoms with Gasteiger partial charge in [0.1, 0.15) is 0 Å². The average Bonchev–Trinajstić information content (AvgIpc) is 1.85. The largest absolute Gasteiger partial charge is 0.325 e. The van der Waals surface area contributed by atoms with Crippen LogP contribution in [0.1, 0.15) is 52.4 Å². The molecule has 0 amide bonds. The lowest BCUT2D eigenvalue weighted by Gasteiger charge is -2.34. The highest BCUT2D eigenvalue weighted by atomic mass is 14.7. The van der Waals surface area contributed by atoms with Gasteiger partial charge in [0.05, 0.1) is 0 Å². The molecule has 1 fully saturated rings. The van der Waals surface area contributed by atoms with Crippen molar-refractivity contribution in [2.75, 3.05) is 0 Å². The maximum atomic E-state index is 6.10. The van der Waals surface area contributed by atoms with Crippen LogP contribution in [0.25, 0.3) is 0 Å².